The van der Waals surface area contributed by atoms with Gasteiger partial charge in [0.05, 0.1) is 4.90 Å². The molecule has 0 fully saturated rings. The third-order valence-corrected chi connectivity index (χ3v) is 6.55. The van der Waals surface area contributed by atoms with Gasteiger partial charge in [-0.15, -0.1) is 11.3 Å². The summed E-state index contributed by atoms with van der Waals surface area (Å²) >= 11 is 4.77. The van der Waals surface area contributed by atoms with Crippen LogP contribution in [0.4, 0.5) is 0 Å². The quantitative estimate of drug-likeness (QED) is 0.495. The maximum atomic E-state index is 12.9. The van der Waals surface area contributed by atoms with Crippen LogP contribution in [0.1, 0.15) is 17.7 Å². The predicted octanol–water partition coefficient (Wildman–Crippen LogP) is 2.99. The van der Waals surface area contributed by atoms with Gasteiger partial charge >= 0.3 is 0 Å². The molecule has 0 saturated carbocycles. The fourth-order valence-corrected chi connectivity index (χ4v) is 4.61. The molecule has 2 rings (SSSR count). The van der Waals surface area contributed by atoms with Gasteiger partial charge in [0.1, 0.15) is 0 Å². The highest BCUT2D eigenvalue weighted by Gasteiger charge is 2.24. The number of benzene rings is 1. The van der Waals surface area contributed by atoms with Crippen molar-refractivity contribution in [3.8, 4) is 0 Å². The molecule has 0 atom stereocenters. The highest BCUT2D eigenvalue weighted by atomic mass is 79.9. The number of nitrogens with zero attached hydrogens (tertiary/aromatic N) is 1. The minimum Gasteiger partial charge on any atom is -0.289 e. The van der Waals surface area contributed by atoms with Crippen LogP contribution in [0, 0.1) is 0 Å². The lowest BCUT2D eigenvalue weighted by Crippen LogP contribution is -2.32. The normalized spacial score (nSPS) is 11.6. The Hall–Kier alpha value is -1.26. The molecule has 6 nitrogen and oxygen atoms in total. The Kier molecular flexibility index (Phi) is 6.93. The first-order chi connectivity index (χ1) is 11.4. The molecule has 1 amide bonds. The van der Waals surface area contributed by atoms with Crippen molar-refractivity contribution in [2.24, 2.45) is 0 Å². The summed E-state index contributed by atoms with van der Waals surface area (Å²) in [5, 5.41) is 10.4. The Morgan fingerprint density at radius 1 is 1.25 bits per heavy atom. The molecule has 9 heteroatoms. The van der Waals surface area contributed by atoms with Crippen molar-refractivity contribution in [2.75, 3.05) is 6.54 Å². The van der Waals surface area contributed by atoms with Gasteiger partial charge in [0.15, 0.2) is 0 Å². The molecule has 24 heavy (non-hydrogen) atoms. The van der Waals surface area contributed by atoms with E-state index in [4.69, 9.17) is 5.21 Å². The van der Waals surface area contributed by atoms with Crippen molar-refractivity contribution >= 4 is 43.2 Å². The molecule has 0 spiro atoms. The third-order valence-electron chi connectivity index (χ3n) is 3.30. The number of nitrogens with one attached hydrogen (secondary N) is 1. The molecule has 1 aromatic heterocycles. The van der Waals surface area contributed by atoms with E-state index in [-0.39, 0.29) is 24.4 Å². The standard InChI is InChI=1S/C15H17BrN2O4S2/c16-12-5-7-14(8-6-12)24(21,22)18(9-1-4-15(19)17-20)11-13-3-2-10-23-13/h2-3,5-8,10,20H,1,4,9,11H2,(H,17,19). The molecule has 1 heterocycles. The van der Waals surface area contributed by atoms with Gasteiger partial charge in [-0.05, 0) is 42.1 Å². The first kappa shape index (κ1) is 19.1. The molecule has 130 valence electrons. The smallest absolute Gasteiger partial charge is 0.243 e. The Balaban J connectivity index is 2.19. The van der Waals surface area contributed by atoms with Crippen LogP contribution in [0.25, 0.3) is 0 Å². The predicted molar refractivity (Wildman–Crippen MR) is 95.2 cm³/mol. The fraction of sp³-hybridized carbons (Fsp3) is 0.267. The summed E-state index contributed by atoms with van der Waals surface area (Å²) in [5.74, 6) is -0.535. The van der Waals surface area contributed by atoms with Crippen LogP contribution in [0.5, 0.6) is 0 Å². The second kappa shape index (κ2) is 8.72. The van der Waals surface area contributed by atoms with E-state index in [1.807, 2.05) is 17.5 Å². The monoisotopic (exact) mass is 432 g/mol. The highest BCUT2D eigenvalue weighted by Crippen LogP contribution is 2.22. The second-order valence-electron chi connectivity index (χ2n) is 5.01. The van der Waals surface area contributed by atoms with E-state index < -0.39 is 15.9 Å². The van der Waals surface area contributed by atoms with Gasteiger partial charge in [-0.1, -0.05) is 22.0 Å². The largest absolute Gasteiger partial charge is 0.289 e. The third kappa shape index (κ3) is 5.12. The fourth-order valence-electron chi connectivity index (χ4n) is 2.09. The molecule has 0 unspecified atom stereocenters. The van der Waals surface area contributed by atoms with Crippen molar-refractivity contribution in [3.05, 3.63) is 51.1 Å². The number of carbonyl (C=O) groups is 1. The zero-order valence-corrected chi connectivity index (χ0v) is 15.9. The Bertz CT molecular complexity index is 761. The van der Waals surface area contributed by atoms with Crippen LogP contribution in [0.3, 0.4) is 0 Å². The van der Waals surface area contributed by atoms with Crippen molar-refractivity contribution in [3.63, 3.8) is 0 Å². The first-order valence-electron chi connectivity index (χ1n) is 7.14. The number of carbonyl (C=O) groups excluding carboxylic acids is 1. The number of thiophene rings is 1. The topological polar surface area (TPSA) is 86.7 Å². The minimum absolute atomic E-state index is 0.0489. The molecule has 1 aromatic carbocycles. The summed E-state index contributed by atoms with van der Waals surface area (Å²) in [6.45, 7) is 0.431. The lowest BCUT2D eigenvalue weighted by molar-refractivity contribution is -0.129. The van der Waals surface area contributed by atoms with Gasteiger partial charge in [-0.2, -0.15) is 4.31 Å². The van der Waals surface area contributed by atoms with Crippen LogP contribution in [0.2, 0.25) is 0 Å². The van der Waals surface area contributed by atoms with Gasteiger partial charge < -0.3 is 0 Å². The number of sulfonamides is 1. The summed E-state index contributed by atoms with van der Waals surface area (Å²) in [7, 11) is -3.67. The van der Waals surface area contributed by atoms with Gasteiger partial charge in [-0.3, -0.25) is 10.0 Å². The molecule has 0 bridgehead atoms. The van der Waals surface area contributed by atoms with Crippen molar-refractivity contribution in [2.45, 2.75) is 24.3 Å². The Labute approximate surface area is 153 Å². The van der Waals surface area contributed by atoms with Gasteiger partial charge in [0.2, 0.25) is 15.9 Å². The van der Waals surface area contributed by atoms with Crippen molar-refractivity contribution in [1.82, 2.24) is 9.79 Å². The zero-order valence-electron chi connectivity index (χ0n) is 12.7. The average Bonchev–Trinajstić information content (AvgIpc) is 3.07. The first-order valence-corrected chi connectivity index (χ1v) is 10.3. The summed E-state index contributed by atoms with van der Waals surface area (Å²) < 4.78 is 27.9. The van der Waals surface area contributed by atoms with Gasteiger partial charge in [0.25, 0.3) is 0 Å². The van der Waals surface area contributed by atoms with Crippen molar-refractivity contribution in [1.29, 1.82) is 0 Å². The summed E-state index contributed by atoms with van der Waals surface area (Å²) in [6.07, 6.45) is 0.362. The summed E-state index contributed by atoms with van der Waals surface area (Å²) in [5.41, 5.74) is 1.55. The molecule has 0 saturated heterocycles. The number of amides is 1. The Morgan fingerprint density at radius 3 is 2.54 bits per heavy atom. The van der Waals surface area contributed by atoms with E-state index in [1.165, 1.54) is 15.6 Å². The SMILES string of the molecule is O=C(CCCN(Cc1cccs1)S(=O)(=O)c1ccc(Br)cc1)NO. The maximum absolute atomic E-state index is 12.9. The minimum atomic E-state index is -3.67. The molecule has 0 radical (unpaired) electrons. The number of hydroxylamine groups is 1. The highest BCUT2D eigenvalue weighted by molar-refractivity contribution is 9.10. The van der Waals surface area contributed by atoms with Crippen molar-refractivity contribution < 1.29 is 18.4 Å². The number of hydrogen-bond acceptors (Lipinski definition) is 5. The average molecular weight is 433 g/mol. The van der Waals surface area contributed by atoms with Crippen LogP contribution in [-0.4, -0.2) is 30.4 Å². The molecule has 2 N–H and O–H groups in total. The molecule has 0 aliphatic rings. The lowest BCUT2D eigenvalue weighted by atomic mass is 10.3. The van der Waals surface area contributed by atoms with Crippen LogP contribution in [0.15, 0.2) is 51.1 Å². The Morgan fingerprint density at radius 2 is 1.96 bits per heavy atom. The zero-order chi connectivity index (χ0) is 17.6. The lowest BCUT2D eigenvalue weighted by Gasteiger charge is -2.21. The van der Waals surface area contributed by atoms with Gasteiger partial charge in [0, 0.05) is 28.9 Å². The number of halogens is 1. The van der Waals surface area contributed by atoms with Crippen LogP contribution >= 0.6 is 27.3 Å². The number of hydrogen-bond donors (Lipinski definition) is 2. The van der Waals surface area contributed by atoms with E-state index in [1.54, 1.807) is 29.7 Å². The maximum Gasteiger partial charge on any atom is 0.243 e. The molecular formula is C15H17BrN2O4S2. The summed E-state index contributed by atoms with van der Waals surface area (Å²) in [6, 6.07) is 10.2. The van der Waals surface area contributed by atoms with Crippen LogP contribution in [-0.2, 0) is 21.4 Å². The molecule has 0 aliphatic heterocycles. The molecule has 2 aromatic rings. The molecule has 0 aliphatic carbocycles. The number of rotatable bonds is 8. The van der Waals surface area contributed by atoms with E-state index in [9.17, 15) is 13.2 Å². The van der Waals surface area contributed by atoms with Gasteiger partial charge in [-0.25, -0.2) is 13.9 Å². The second-order valence-corrected chi connectivity index (χ2v) is 8.90. The van der Waals surface area contributed by atoms with E-state index in [2.05, 4.69) is 15.9 Å². The molecular weight excluding hydrogens is 416 g/mol. The van der Waals surface area contributed by atoms with E-state index >= 15 is 0 Å². The van der Waals surface area contributed by atoms with E-state index in [0.29, 0.717) is 6.42 Å². The van der Waals surface area contributed by atoms with E-state index in [0.717, 1.165) is 9.35 Å². The van der Waals surface area contributed by atoms with Crippen LogP contribution < -0.4 is 5.48 Å². The summed E-state index contributed by atoms with van der Waals surface area (Å²) in [4.78, 5) is 12.3.